The van der Waals surface area contributed by atoms with Crippen molar-refractivity contribution < 1.29 is 14.3 Å². The second-order valence-corrected chi connectivity index (χ2v) is 5.66. The number of amides is 2. The number of anilines is 1. The molecule has 0 bridgehead atoms. The molecule has 1 aromatic carbocycles. The number of rotatable bonds is 4. The third-order valence-electron chi connectivity index (χ3n) is 4.03. The minimum absolute atomic E-state index is 0.0331. The van der Waals surface area contributed by atoms with Gasteiger partial charge in [-0.25, -0.2) is 0 Å². The molecule has 2 saturated heterocycles. The van der Waals surface area contributed by atoms with E-state index in [1.54, 1.807) is 0 Å². The molecule has 2 aliphatic heterocycles. The van der Waals surface area contributed by atoms with Crippen molar-refractivity contribution in [1.82, 2.24) is 10.6 Å². The summed E-state index contributed by atoms with van der Waals surface area (Å²) >= 11 is 0. The quantitative estimate of drug-likeness (QED) is 0.845. The van der Waals surface area contributed by atoms with Crippen molar-refractivity contribution in [2.24, 2.45) is 0 Å². The maximum Gasteiger partial charge on any atom is 0.249 e. The Labute approximate surface area is 129 Å². The normalized spacial score (nSPS) is 21.5. The molecule has 0 radical (unpaired) electrons. The molecule has 2 aliphatic rings. The summed E-state index contributed by atoms with van der Waals surface area (Å²) in [5.41, 5.74) is 2.07. The molecule has 118 valence electrons. The Morgan fingerprint density at radius 3 is 2.86 bits per heavy atom. The van der Waals surface area contributed by atoms with Gasteiger partial charge in [-0.1, -0.05) is 12.1 Å². The summed E-state index contributed by atoms with van der Waals surface area (Å²) in [6.07, 6.45) is 1.48. The summed E-state index contributed by atoms with van der Waals surface area (Å²) in [6, 6.07) is 7.95. The molecule has 0 unspecified atom stereocenters. The molecular weight excluding hydrogens is 282 g/mol. The van der Waals surface area contributed by atoms with Gasteiger partial charge in [-0.05, 0) is 30.5 Å². The van der Waals surface area contributed by atoms with Gasteiger partial charge in [0, 0.05) is 31.9 Å². The van der Waals surface area contributed by atoms with Gasteiger partial charge >= 0.3 is 0 Å². The molecule has 2 amide bonds. The van der Waals surface area contributed by atoms with Gasteiger partial charge in [0.15, 0.2) is 0 Å². The van der Waals surface area contributed by atoms with Crippen LogP contribution >= 0.6 is 0 Å². The van der Waals surface area contributed by atoms with Crippen LogP contribution in [0.3, 0.4) is 0 Å². The van der Waals surface area contributed by atoms with Crippen LogP contribution in [-0.4, -0.2) is 44.2 Å². The van der Waals surface area contributed by atoms with E-state index >= 15 is 0 Å². The van der Waals surface area contributed by atoms with Crippen molar-refractivity contribution >= 4 is 17.5 Å². The summed E-state index contributed by atoms with van der Waals surface area (Å²) in [4.78, 5) is 25.3. The first-order valence-corrected chi connectivity index (χ1v) is 7.72. The lowest BCUT2D eigenvalue weighted by molar-refractivity contribution is -0.130. The van der Waals surface area contributed by atoms with Crippen LogP contribution in [0.4, 0.5) is 5.69 Å². The zero-order valence-corrected chi connectivity index (χ0v) is 12.5. The average Bonchev–Trinajstić information content (AvgIpc) is 3.08. The van der Waals surface area contributed by atoms with Crippen LogP contribution in [-0.2, 0) is 20.9 Å². The molecular formula is C16H21N3O3. The average molecular weight is 303 g/mol. The van der Waals surface area contributed by atoms with Gasteiger partial charge in [0.1, 0.15) is 6.10 Å². The van der Waals surface area contributed by atoms with Gasteiger partial charge in [0.2, 0.25) is 11.8 Å². The van der Waals surface area contributed by atoms with Crippen molar-refractivity contribution in [2.45, 2.75) is 25.5 Å². The number of hydrogen-bond acceptors (Lipinski definition) is 4. The van der Waals surface area contributed by atoms with Gasteiger partial charge in [0.05, 0.1) is 6.54 Å². The standard InChI is InChI=1S/C16H21N3O3/c20-15-11-19(8-7-17-15)13-5-3-12(4-6-13)10-18-16(21)14-2-1-9-22-14/h3-6,14H,1-2,7-11H2,(H,17,20)(H,18,21)/t14-/m1/s1. The Kier molecular flexibility index (Phi) is 4.58. The Morgan fingerprint density at radius 2 is 2.18 bits per heavy atom. The number of carbonyl (C=O) groups excluding carboxylic acids is 2. The SMILES string of the molecule is O=C1CN(c2ccc(CNC(=O)[C@H]3CCCO3)cc2)CCN1. The van der Waals surface area contributed by atoms with Crippen LogP contribution in [0.15, 0.2) is 24.3 Å². The molecule has 6 heteroatoms. The number of nitrogens with one attached hydrogen (secondary N) is 2. The predicted molar refractivity (Wildman–Crippen MR) is 82.5 cm³/mol. The highest BCUT2D eigenvalue weighted by Crippen LogP contribution is 2.16. The lowest BCUT2D eigenvalue weighted by Crippen LogP contribution is -2.47. The molecule has 1 aromatic rings. The first-order valence-electron chi connectivity index (χ1n) is 7.72. The predicted octanol–water partition coefficient (Wildman–Crippen LogP) is 0.418. The van der Waals surface area contributed by atoms with Crippen LogP contribution in [0.5, 0.6) is 0 Å². The fourth-order valence-electron chi connectivity index (χ4n) is 2.77. The number of nitrogens with zero attached hydrogens (tertiary/aromatic N) is 1. The molecule has 22 heavy (non-hydrogen) atoms. The van der Waals surface area contributed by atoms with E-state index in [4.69, 9.17) is 4.74 Å². The van der Waals surface area contributed by atoms with E-state index in [0.717, 1.165) is 30.6 Å². The van der Waals surface area contributed by atoms with E-state index in [9.17, 15) is 9.59 Å². The summed E-state index contributed by atoms with van der Waals surface area (Å²) in [7, 11) is 0. The summed E-state index contributed by atoms with van der Waals surface area (Å²) in [6.45, 7) is 3.07. The molecule has 0 aliphatic carbocycles. The van der Waals surface area contributed by atoms with Crippen LogP contribution in [0.1, 0.15) is 18.4 Å². The van der Waals surface area contributed by atoms with Crippen molar-refractivity contribution in [2.75, 3.05) is 31.1 Å². The first-order chi connectivity index (χ1) is 10.7. The third-order valence-corrected chi connectivity index (χ3v) is 4.03. The fourth-order valence-corrected chi connectivity index (χ4v) is 2.77. The van der Waals surface area contributed by atoms with Gasteiger partial charge in [-0.15, -0.1) is 0 Å². The van der Waals surface area contributed by atoms with E-state index in [1.807, 2.05) is 29.2 Å². The molecule has 6 nitrogen and oxygen atoms in total. The Bertz CT molecular complexity index is 538. The van der Waals surface area contributed by atoms with Gasteiger partial charge in [0.25, 0.3) is 0 Å². The maximum atomic E-state index is 11.9. The maximum absolute atomic E-state index is 11.9. The monoisotopic (exact) mass is 303 g/mol. The summed E-state index contributed by atoms with van der Waals surface area (Å²) < 4.78 is 5.36. The number of ether oxygens (including phenoxy) is 1. The van der Waals surface area contributed by atoms with Crippen LogP contribution in [0.2, 0.25) is 0 Å². The zero-order valence-electron chi connectivity index (χ0n) is 12.5. The third kappa shape index (κ3) is 3.57. The minimum Gasteiger partial charge on any atom is -0.368 e. The second kappa shape index (κ2) is 6.79. The highest BCUT2D eigenvalue weighted by atomic mass is 16.5. The Hall–Kier alpha value is -2.08. The Balaban J connectivity index is 1.52. The van der Waals surface area contributed by atoms with Crippen molar-refractivity contribution in [3.05, 3.63) is 29.8 Å². The van der Waals surface area contributed by atoms with Crippen molar-refractivity contribution in [1.29, 1.82) is 0 Å². The summed E-state index contributed by atoms with van der Waals surface area (Å²) in [5.74, 6) is 0.0217. The number of carbonyl (C=O) groups is 2. The van der Waals surface area contributed by atoms with Crippen LogP contribution in [0.25, 0.3) is 0 Å². The van der Waals surface area contributed by atoms with Crippen molar-refractivity contribution in [3.8, 4) is 0 Å². The van der Waals surface area contributed by atoms with E-state index in [2.05, 4.69) is 10.6 Å². The lowest BCUT2D eigenvalue weighted by Gasteiger charge is -2.28. The first kappa shape index (κ1) is 14.8. The van der Waals surface area contributed by atoms with Gasteiger partial charge in [-0.2, -0.15) is 0 Å². The van der Waals surface area contributed by atoms with Gasteiger partial charge in [-0.3, -0.25) is 9.59 Å². The topological polar surface area (TPSA) is 70.7 Å². The largest absolute Gasteiger partial charge is 0.368 e. The lowest BCUT2D eigenvalue weighted by atomic mass is 10.1. The molecule has 2 fully saturated rings. The van der Waals surface area contributed by atoms with E-state index in [0.29, 0.717) is 26.2 Å². The van der Waals surface area contributed by atoms with Crippen LogP contribution < -0.4 is 15.5 Å². The number of hydrogen-bond donors (Lipinski definition) is 2. The summed E-state index contributed by atoms with van der Waals surface area (Å²) in [5, 5.41) is 5.72. The fraction of sp³-hybridized carbons (Fsp3) is 0.500. The van der Waals surface area contributed by atoms with E-state index < -0.39 is 0 Å². The molecule has 0 saturated carbocycles. The van der Waals surface area contributed by atoms with Gasteiger partial charge < -0.3 is 20.3 Å². The molecule has 2 heterocycles. The molecule has 3 rings (SSSR count). The molecule has 2 N–H and O–H groups in total. The Morgan fingerprint density at radius 1 is 1.36 bits per heavy atom. The minimum atomic E-state index is -0.286. The highest BCUT2D eigenvalue weighted by Gasteiger charge is 2.23. The smallest absolute Gasteiger partial charge is 0.249 e. The number of piperazine rings is 1. The molecule has 1 atom stereocenters. The van der Waals surface area contributed by atoms with Crippen LogP contribution in [0, 0.1) is 0 Å². The number of benzene rings is 1. The molecule has 0 spiro atoms. The van der Waals surface area contributed by atoms with E-state index in [-0.39, 0.29) is 17.9 Å². The zero-order chi connectivity index (χ0) is 15.4. The highest BCUT2D eigenvalue weighted by molar-refractivity contribution is 5.82. The second-order valence-electron chi connectivity index (χ2n) is 5.66. The van der Waals surface area contributed by atoms with Crippen molar-refractivity contribution in [3.63, 3.8) is 0 Å². The van der Waals surface area contributed by atoms with E-state index in [1.165, 1.54) is 0 Å². The molecule has 0 aromatic heterocycles.